The lowest BCUT2D eigenvalue weighted by atomic mass is 10.1. The molecule has 0 saturated carbocycles. The summed E-state index contributed by atoms with van der Waals surface area (Å²) in [6, 6.07) is 11.1. The number of halogens is 1. The first-order valence-electron chi connectivity index (χ1n) is 6.82. The third-order valence-corrected chi connectivity index (χ3v) is 3.64. The van der Waals surface area contributed by atoms with Crippen molar-refractivity contribution in [3.8, 4) is 0 Å². The van der Waals surface area contributed by atoms with Gasteiger partial charge in [-0.3, -0.25) is 9.59 Å². The molecule has 0 spiro atoms. The standard InChI is InChI=1S/C16H17BrN2O3/c1-19(11-15(20)18-10-14-3-2-8-22-14)16(21)9-12-4-6-13(17)7-5-12/h2-8H,9-11H2,1H3,(H,18,20). The second-order valence-corrected chi connectivity index (χ2v) is 5.82. The van der Waals surface area contributed by atoms with E-state index in [9.17, 15) is 9.59 Å². The van der Waals surface area contributed by atoms with E-state index in [1.165, 1.54) is 4.90 Å². The smallest absolute Gasteiger partial charge is 0.239 e. The Hall–Kier alpha value is -2.08. The van der Waals surface area contributed by atoms with Crippen LogP contribution in [0.4, 0.5) is 0 Å². The Labute approximate surface area is 137 Å². The lowest BCUT2D eigenvalue weighted by Crippen LogP contribution is -2.38. The fraction of sp³-hybridized carbons (Fsp3) is 0.250. The molecule has 0 unspecified atom stereocenters. The lowest BCUT2D eigenvalue weighted by Gasteiger charge is -2.16. The largest absolute Gasteiger partial charge is 0.467 e. The summed E-state index contributed by atoms with van der Waals surface area (Å²) in [6.07, 6.45) is 1.82. The molecule has 0 radical (unpaired) electrons. The quantitative estimate of drug-likeness (QED) is 0.855. The van der Waals surface area contributed by atoms with E-state index in [0.29, 0.717) is 12.3 Å². The number of benzene rings is 1. The highest BCUT2D eigenvalue weighted by molar-refractivity contribution is 9.10. The minimum atomic E-state index is -0.219. The Morgan fingerprint density at radius 3 is 2.59 bits per heavy atom. The number of nitrogens with zero attached hydrogens (tertiary/aromatic N) is 1. The molecule has 0 aliphatic heterocycles. The molecule has 2 aromatic rings. The van der Waals surface area contributed by atoms with Crippen LogP contribution in [0.25, 0.3) is 0 Å². The third-order valence-electron chi connectivity index (χ3n) is 3.12. The molecule has 1 aromatic heterocycles. The Bertz CT molecular complexity index is 623. The van der Waals surface area contributed by atoms with Gasteiger partial charge in [0.25, 0.3) is 0 Å². The lowest BCUT2D eigenvalue weighted by molar-refractivity contribution is -0.134. The monoisotopic (exact) mass is 364 g/mol. The van der Waals surface area contributed by atoms with Crippen LogP contribution in [0.15, 0.2) is 51.6 Å². The highest BCUT2D eigenvalue weighted by atomic mass is 79.9. The summed E-state index contributed by atoms with van der Waals surface area (Å²) >= 11 is 3.35. The van der Waals surface area contributed by atoms with E-state index in [0.717, 1.165) is 10.0 Å². The summed E-state index contributed by atoms with van der Waals surface area (Å²) in [5.74, 6) is 0.357. The van der Waals surface area contributed by atoms with Gasteiger partial charge in [0.15, 0.2) is 0 Å². The summed E-state index contributed by atoms with van der Waals surface area (Å²) in [5.41, 5.74) is 0.913. The molecule has 1 heterocycles. The summed E-state index contributed by atoms with van der Waals surface area (Å²) in [4.78, 5) is 25.3. The Kier molecular flexibility index (Phi) is 5.77. The molecule has 6 heteroatoms. The van der Waals surface area contributed by atoms with Crippen LogP contribution >= 0.6 is 15.9 Å². The van der Waals surface area contributed by atoms with E-state index < -0.39 is 0 Å². The molecule has 1 aromatic carbocycles. The zero-order valence-electron chi connectivity index (χ0n) is 12.2. The first-order chi connectivity index (χ1) is 10.5. The number of hydrogen-bond acceptors (Lipinski definition) is 3. The normalized spacial score (nSPS) is 10.3. The SMILES string of the molecule is CN(CC(=O)NCc1ccco1)C(=O)Cc1ccc(Br)cc1. The first kappa shape index (κ1) is 16.3. The average Bonchev–Trinajstić information content (AvgIpc) is 3.01. The minimum absolute atomic E-state index is 0.0239. The topological polar surface area (TPSA) is 62.6 Å². The number of rotatable bonds is 6. The van der Waals surface area contributed by atoms with Crippen molar-refractivity contribution < 1.29 is 14.0 Å². The maximum Gasteiger partial charge on any atom is 0.239 e. The number of furan rings is 1. The van der Waals surface area contributed by atoms with Gasteiger partial charge in [-0.15, -0.1) is 0 Å². The molecule has 0 bridgehead atoms. The van der Waals surface area contributed by atoms with Gasteiger partial charge in [0, 0.05) is 11.5 Å². The average molecular weight is 365 g/mol. The van der Waals surface area contributed by atoms with Crippen molar-refractivity contribution in [3.63, 3.8) is 0 Å². The highest BCUT2D eigenvalue weighted by Crippen LogP contribution is 2.11. The van der Waals surface area contributed by atoms with Crippen molar-refractivity contribution in [2.24, 2.45) is 0 Å². The van der Waals surface area contributed by atoms with Crippen molar-refractivity contribution in [1.29, 1.82) is 0 Å². The Balaban J connectivity index is 1.77. The van der Waals surface area contributed by atoms with E-state index in [2.05, 4.69) is 21.2 Å². The van der Waals surface area contributed by atoms with Gasteiger partial charge >= 0.3 is 0 Å². The molecular formula is C16H17BrN2O3. The molecule has 116 valence electrons. The van der Waals surface area contributed by atoms with Crippen LogP contribution in [0, 0.1) is 0 Å². The van der Waals surface area contributed by atoms with Crippen molar-refractivity contribution in [2.75, 3.05) is 13.6 Å². The van der Waals surface area contributed by atoms with Gasteiger partial charge in [-0.1, -0.05) is 28.1 Å². The maximum absolute atomic E-state index is 12.1. The number of carbonyl (C=O) groups is 2. The maximum atomic E-state index is 12.1. The van der Waals surface area contributed by atoms with Crippen LogP contribution in [-0.2, 0) is 22.6 Å². The Morgan fingerprint density at radius 1 is 1.23 bits per heavy atom. The predicted octanol–water partition coefficient (Wildman–Crippen LogP) is 2.36. The first-order valence-corrected chi connectivity index (χ1v) is 7.61. The van der Waals surface area contributed by atoms with Crippen LogP contribution in [0.3, 0.4) is 0 Å². The fourth-order valence-electron chi connectivity index (χ4n) is 1.87. The van der Waals surface area contributed by atoms with Crippen LogP contribution < -0.4 is 5.32 Å². The van der Waals surface area contributed by atoms with E-state index in [4.69, 9.17) is 4.42 Å². The molecule has 0 aliphatic rings. The van der Waals surface area contributed by atoms with E-state index in [1.54, 1.807) is 25.4 Å². The van der Waals surface area contributed by atoms with Gasteiger partial charge in [0.1, 0.15) is 5.76 Å². The van der Waals surface area contributed by atoms with Gasteiger partial charge in [0.05, 0.1) is 25.8 Å². The van der Waals surface area contributed by atoms with E-state index in [1.807, 2.05) is 24.3 Å². The molecule has 0 aliphatic carbocycles. The zero-order chi connectivity index (χ0) is 15.9. The van der Waals surface area contributed by atoms with Crippen molar-refractivity contribution in [2.45, 2.75) is 13.0 Å². The number of hydrogen-bond donors (Lipinski definition) is 1. The number of nitrogens with one attached hydrogen (secondary N) is 1. The van der Waals surface area contributed by atoms with Crippen LogP contribution in [0.1, 0.15) is 11.3 Å². The van der Waals surface area contributed by atoms with Gasteiger partial charge in [-0.2, -0.15) is 0 Å². The molecule has 1 N–H and O–H groups in total. The molecule has 0 fully saturated rings. The second kappa shape index (κ2) is 7.79. The summed E-state index contributed by atoms with van der Waals surface area (Å²) in [7, 11) is 1.62. The summed E-state index contributed by atoms with van der Waals surface area (Å²) in [6.45, 7) is 0.344. The molecule has 0 atom stereocenters. The van der Waals surface area contributed by atoms with Crippen LogP contribution in [0.5, 0.6) is 0 Å². The van der Waals surface area contributed by atoms with E-state index >= 15 is 0 Å². The highest BCUT2D eigenvalue weighted by Gasteiger charge is 2.13. The number of likely N-dealkylation sites (N-methyl/N-ethyl adjacent to an activating group) is 1. The molecular weight excluding hydrogens is 348 g/mol. The summed E-state index contributed by atoms with van der Waals surface area (Å²) < 4.78 is 6.09. The molecule has 5 nitrogen and oxygen atoms in total. The van der Waals surface area contributed by atoms with Crippen molar-refractivity contribution in [3.05, 3.63) is 58.5 Å². The van der Waals surface area contributed by atoms with E-state index in [-0.39, 0.29) is 24.8 Å². The zero-order valence-corrected chi connectivity index (χ0v) is 13.8. The van der Waals surface area contributed by atoms with Crippen LogP contribution in [0.2, 0.25) is 0 Å². The molecule has 2 amide bonds. The van der Waals surface area contributed by atoms with Gasteiger partial charge in [0.2, 0.25) is 11.8 Å². The number of amides is 2. The molecule has 2 rings (SSSR count). The summed E-state index contributed by atoms with van der Waals surface area (Å²) in [5, 5.41) is 2.71. The third kappa shape index (κ3) is 5.04. The minimum Gasteiger partial charge on any atom is -0.467 e. The molecule has 0 saturated heterocycles. The van der Waals surface area contributed by atoms with Crippen molar-refractivity contribution >= 4 is 27.7 Å². The molecule has 22 heavy (non-hydrogen) atoms. The van der Waals surface area contributed by atoms with Gasteiger partial charge < -0.3 is 14.6 Å². The second-order valence-electron chi connectivity index (χ2n) is 4.91. The predicted molar refractivity (Wildman–Crippen MR) is 86.0 cm³/mol. The van der Waals surface area contributed by atoms with Gasteiger partial charge in [-0.05, 0) is 29.8 Å². The van der Waals surface area contributed by atoms with Gasteiger partial charge in [-0.25, -0.2) is 0 Å². The fourth-order valence-corrected chi connectivity index (χ4v) is 2.13. The van der Waals surface area contributed by atoms with Crippen molar-refractivity contribution in [1.82, 2.24) is 10.2 Å². The Morgan fingerprint density at radius 2 is 1.95 bits per heavy atom. The van der Waals surface area contributed by atoms with Crippen LogP contribution in [-0.4, -0.2) is 30.3 Å². The number of carbonyl (C=O) groups excluding carboxylic acids is 2.